The van der Waals surface area contributed by atoms with E-state index in [1.807, 2.05) is 6.07 Å². The maximum absolute atomic E-state index is 12.1. The lowest BCUT2D eigenvalue weighted by Crippen LogP contribution is -2.12. The zero-order chi connectivity index (χ0) is 14.7. The van der Waals surface area contributed by atoms with Crippen molar-refractivity contribution in [2.24, 2.45) is 0 Å². The van der Waals surface area contributed by atoms with Gasteiger partial charge in [0, 0.05) is 11.9 Å². The van der Waals surface area contributed by atoms with Crippen LogP contribution in [0.5, 0.6) is 5.75 Å². The van der Waals surface area contributed by atoms with Crippen molar-refractivity contribution in [2.45, 2.75) is 0 Å². The van der Waals surface area contributed by atoms with Crippen LogP contribution in [0.4, 0.5) is 5.69 Å². The third-order valence-corrected chi connectivity index (χ3v) is 2.70. The molecule has 1 amide bonds. The van der Waals surface area contributed by atoms with Crippen LogP contribution in [0.3, 0.4) is 0 Å². The van der Waals surface area contributed by atoms with Crippen LogP contribution in [0.1, 0.15) is 10.4 Å². The van der Waals surface area contributed by atoms with Gasteiger partial charge in [0.2, 0.25) is 0 Å². The first-order valence-electron chi connectivity index (χ1n) is 6.01. The average Bonchev–Trinajstić information content (AvgIpc) is 3.02. The molecule has 0 saturated carbocycles. The lowest BCUT2D eigenvalue weighted by Gasteiger charge is -2.07. The van der Waals surface area contributed by atoms with Crippen molar-refractivity contribution in [1.82, 2.24) is 25.2 Å². The predicted molar refractivity (Wildman–Crippen MR) is 73.0 cm³/mol. The number of rotatable bonds is 3. The number of nitrogens with zero attached hydrogens (tertiary/aromatic N) is 5. The van der Waals surface area contributed by atoms with Gasteiger partial charge < -0.3 is 10.4 Å². The number of nitrogens with one attached hydrogen (secondary N) is 1. The summed E-state index contributed by atoms with van der Waals surface area (Å²) < 4.78 is 1.48. The SMILES string of the molecule is O=C(Nc1cccc(-n2cnnn2)c1)c1cncc(O)c1. The number of hydrogen-bond donors (Lipinski definition) is 2. The van der Waals surface area contributed by atoms with E-state index < -0.39 is 0 Å². The Bertz CT molecular complexity index is 772. The summed E-state index contributed by atoms with van der Waals surface area (Å²) in [6, 6.07) is 8.38. The quantitative estimate of drug-likeness (QED) is 0.742. The highest BCUT2D eigenvalue weighted by atomic mass is 16.3. The van der Waals surface area contributed by atoms with E-state index in [1.54, 1.807) is 18.2 Å². The summed E-state index contributed by atoms with van der Waals surface area (Å²) in [5, 5.41) is 22.9. The highest BCUT2D eigenvalue weighted by Gasteiger charge is 2.08. The molecule has 3 aromatic rings. The topological polar surface area (TPSA) is 106 Å². The number of aromatic hydroxyl groups is 1. The molecule has 1 aromatic carbocycles. The summed E-state index contributed by atoms with van der Waals surface area (Å²) in [5.74, 6) is -0.433. The molecule has 0 atom stereocenters. The predicted octanol–water partition coefficient (Wildman–Crippen LogP) is 1.02. The molecule has 0 aliphatic carbocycles. The average molecular weight is 282 g/mol. The van der Waals surface area contributed by atoms with Crippen LogP contribution in [0.2, 0.25) is 0 Å². The fraction of sp³-hybridized carbons (Fsp3) is 0. The van der Waals surface area contributed by atoms with Crippen molar-refractivity contribution in [2.75, 3.05) is 5.32 Å². The molecule has 2 N–H and O–H groups in total. The highest BCUT2D eigenvalue weighted by molar-refractivity contribution is 6.04. The molecule has 0 radical (unpaired) electrons. The molecule has 0 fully saturated rings. The fourth-order valence-corrected chi connectivity index (χ4v) is 1.76. The second-order valence-electron chi connectivity index (χ2n) is 4.19. The van der Waals surface area contributed by atoms with E-state index >= 15 is 0 Å². The van der Waals surface area contributed by atoms with Crippen molar-refractivity contribution >= 4 is 11.6 Å². The minimum absolute atomic E-state index is 0.0647. The zero-order valence-electron chi connectivity index (χ0n) is 10.7. The van der Waals surface area contributed by atoms with Crippen molar-refractivity contribution in [1.29, 1.82) is 0 Å². The molecule has 8 nitrogen and oxygen atoms in total. The van der Waals surface area contributed by atoms with Gasteiger partial charge in [0.15, 0.2) is 0 Å². The maximum atomic E-state index is 12.1. The number of amides is 1. The van der Waals surface area contributed by atoms with Crippen molar-refractivity contribution in [3.8, 4) is 11.4 Å². The monoisotopic (exact) mass is 282 g/mol. The molecule has 2 aromatic heterocycles. The zero-order valence-corrected chi connectivity index (χ0v) is 10.7. The number of carbonyl (C=O) groups is 1. The van der Waals surface area contributed by atoms with Gasteiger partial charge >= 0.3 is 0 Å². The second kappa shape index (κ2) is 5.37. The van der Waals surface area contributed by atoms with Gasteiger partial charge in [-0.05, 0) is 34.7 Å². The number of aromatic nitrogens is 5. The van der Waals surface area contributed by atoms with E-state index in [9.17, 15) is 9.90 Å². The minimum atomic E-state index is -0.368. The van der Waals surface area contributed by atoms with Crippen LogP contribution in [0, 0.1) is 0 Å². The third-order valence-electron chi connectivity index (χ3n) is 2.70. The molecule has 0 unspecified atom stereocenters. The number of hydrogen-bond acceptors (Lipinski definition) is 6. The van der Waals surface area contributed by atoms with Crippen molar-refractivity contribution < 1.29 is 9.90 Å². The lowest BCUT2D eigenvalue weighted by atomic mass is 10.2. The largest absolute Gasteiger partial charge is 0.506 e. The van der Waals surface area contributed by atoms with Crippen molar-refractivity contribution in [3.05, 3.63) is 54.6 Å². The normalized spacial score (nSPS) is 10.3. The van der Waals surface area contributed by atoms with Gasteiger partial charge in [0.05, 0.1) is 17.4 Å². The van der Waals surface area contributed by atoms with Gasteiger partial charge in [0.25, 0.3) is 5.91 Å². The number of tetrazole rings is 1. The summed E-state index contributed by atoms with van der Waals surface area (Å²) in [4.78, 5) is 15.8. The maximum Gasteiger partial charge on any atom is 0.257 e. The molecule has 0 aliphatic heterocycles. The van der Waals surface area contributed by atoms with E-state index in [-0.39, 0.29) is 17.2 Å². The van der Waals surface area contributed by atoms with Gasteiger partial charge in [-0.3, -0.25) is 9.78 Å². The molecule has 2 heterocycles. The molecule has 3 rings (SSSR count). The Morgan fingerprint density at radius 1 is 1.24 bits per heavy atom. The summed E-state index contributed by atoms with van der Waals surface area (Å²) >= 11 is 0. The molecular weight excluding hydrogens is 272 g/mol. The van der Waals surface area contributed by atoms with Crippen LogP contribution in [0.25, 0.3) is 5.69 Å². The molecule has 0 saturated heterocycles. The Hall–Kier alpha value is -3.29. The molecule has 0 bridgehead atoms. The third kappa shape index (κ3) is 2.84. The van der Waals surface area contributed by atoms with Crippen LogP contribution >= 0.6 is 0 Å². The van der Waals surface area contributed by atoms with Gasteiger partial charge in [0.1, 0.15) is 12.1 Å². The fourth-order valence-electron chi connectivity index (χ4n) is 1.76. The Morgan fingerprint density at radius 2 is 2.14 bits per heavy atom. The van der Waals surface area contributed by atoms with Crippen LogP contribution in [-0.2, 0) is 0 Å². The van der Waals surface area contributed by atoms with Gasteiger partial charge in [-0.2, -0.15) is 0 Å². The number of pyridine rings is 1. The Balaban J connectivity index is 1.82. The van der Waals surface area contributed by atoms with Crippen LogP contribution in [0.15, 0.2) is 49.1 Å². The first kappa shape index (κ1) is 12.7. The van der Waals surface area contributed by atoms with E-state index in [4.69, 9.17) is 0 Å². The van der Waals surface area contributed by atoms with Gasteiger partial charge in [-0.25, -0.2) is 4.68 Å². The molecule has 8 heteroatoms. The first-order chi connectivity index (χ1) is 10.2. The van der Waals surface area contributed by atoms with E-state index in [2.05, 4.69) is 25.8 Å². The second-order valence-corrected chi connectivity index (χ2v) is 4.19. The minimum Gasteiger partial charge on any atom is -0.506 e. The standard InChI is InChI=1S/C13H10N6O2/c20-12-4-9(6-14-7-12)13(21)16-10-2-1-3-11(5-10)19-8-15-17-18-19/h1-8,20H,(H,16,21). The summed E-state index contributed by atoms with van der Waals surface area (Å²) in [7, 11) is 0. The Labute approximate surface area is 119 Å². The summed E-state index contributed by atoms with van der Waals surface area (Å²) in [5.41, 5.74) is 1.56. The number of benzene rings is 1. The molecule has 0 spiro atoms. The highest BCUT2D eigenvalue weighted by Crippen LogP contribution is 2.15. The summed E-state index contributed by atoms with van der Waals surface area (Å²) in [6.07, 6.45) is 4.09. The van der Waals surface area contributed by atoms with Crippen molar-refractivity contribution in [3.63, 3.8) is 0 Å². The van der Waals surface area contributed by atoms with Gasteiger partial charge in [-0.15, -0.1) is 5.10 Å². The molecule has 0 aliphatic rings. The molecule has 21 heavy (non-hydrogen) atoms. The van der Waals surface area contributed by atoms with Crippen LogP contribution in [-0.4, -0.2) is 36.2 Å². The molecular formula is C13H10N6O2. The Kier molecular flexibility index (Phi) is 3.26. The summed E-state index contributed by atoms with van der Waals surface area (Å²) in [6.45, 7) is 0. The lowest BCUT2D eigenvalue weighted by molar-refractivity contribution is 0.102. The Morgan fingerprint density at radius 3 is 2.90 bits per heavy atom. The van der Waals surface area contributed by atoms with Gasteiger partial charge in [-0.1, -0.05) is 6.07 Å². The number of anilines is 1. The first-order valence-corrected chi connectivity index (χ1v) is 6.01. The van der Waals surface area contributed by atoms with E-state index in [0.29, 0.717) is 11.4 Å². The molecule has 104 valence electrons. The van der Waals surface area contributed by atoms with Crippen LogP contribution < -0.4 is 5.32 Å². The van der Waals surface area contributed by atoms with E-state index in [1.165, 1.54) is 29.5 Å². The number of carbonyl (C=O) groups excluding carboxylic acids is 1. The van der Waals surface area contributed by atoms with E-state index in [0.717, 1.165) is 0 Å². The smallest absolute Gasteiger partial charge is 0.257 e.